The monoisotopic (exact) mass is 485 g/mol. The number of rotatable bonds is 9. The highest BCUT2D eigenvalue weighted by Gasteiger charge is 2.22. The number of carbonyl (C=O) groups is 2. The molecule has 0 saturated carbocycles. The summed E-state index contributed by atoms with van der Waals surface area (Å²) in [5, 5.41) is 7.18. The molecule has 0 fully saturated rings. The van der Waals surface area contributed by atoms with Crippen molar-refractivity contribution < 1.29 is 23.8 Å². The number of amides is 1. The van der Waals surface area contributed by atoms with Crippen molar-refractivity contribution in [2.24, 2.45) is 0 Å². The quantitative estimate of drug-likeness (QED) is 0.462. The van der Waals surface area contributed by atoms with Gasteiger partial charge in [0.25, 0.3) is 11.5 Å². The Bertz CT molecular complexity index is 1230. The second-order valence-corrected chi connectivity index (χ2v) is 7.69. The maximum Gasteiger partial charge on any atom is 0.359 e. The lowest BCUT2D eigenvalue weighted by molar-refractivity contribution is -0.123. The van der Waals surface area contributed by atoms with Gasteiger partial charge < -0.3 is 19.5 Å². The molecule has 10 heteroatoms. The third kappa shape index (κ3) is 6.35. The first-order valence-corrected chi connectivity index (χ1v) is 10.8. The number of hydrogen-bond donors (Lipinski definition) is 1. The Morgan fingerprint density at radius 1 is 1.15 bits per heavy atom. The van der Waals surface area contributed by atoms with E-state index in [1.807, 2.05) is 18.2 Å². The first-order chi connectivity index (χ1) is 16.3. The van der Waals surface area contributed by atoms with Gasteiger partial charge >= 0.3 is 5.97 Å². The first-order valence-electron chi connectivity index (χ1n) is 10.4. The molecule has 0 aliphatic carbocycles. The SMILES string of the molecule is COc1cc(Cl)c(C)cc1NC(=O)C(C)OC(=O)c1ccc(=O)n(CCOc2ccccc2)n1. The Morgan fingerprint density at radius 2 is 1.88 bits per heavy atom. The summed E-state index contributed by atoms with van der Waals surface area (Å²) >= 11 is 6.09. The number of hydrogen-bond acceptors (Lipinski definition) is 7. The van der Waals surface area contributed by atoms with Crippen molar-refractivity contribution in [2.45, 2.75) is 26.5 Å². The van der Waals surface area contributed by atoms with Gasteiger partial charge in [-0.25, -0.2) is 9.48 Å². The molecule has 3 rings (SSSR count). The normalized spacial score (nSPS) is 11.4. The van der Waals surface area contributed by atoms with Crippen LogP contribution in [0.15, 0.2) is 59.4 Å². The van der Waals surface area contributed by atoms with Gasteiger partial charge in [-0.1, -0.05) is 29.8 Å². The molecule has 0 bridgehead atoms. The van der Waals surface area contributed by atoms with Crippen molar-refractivity contribution in [3.05, 3.63) is 81.2 Å². The topological polar surface area (TPSA) is 109 Å². The number of benzene rings is 2. The smallest absolute Gasteiger partial charge is 0.359 e. The highest BCUT2D eigenvalue weighted by atomic mass is 35.5. The van der Waals surface area contributed by atoms with E-state index in [4.69, 9.17) is 25.8 Å². The highest BCUT2D eigenvalue weighted by molar-refractivity contribution is 6.31. The summed E-state index contributed by atoms with van der Waals surface area (Å²) in [4.78, 5) is 37.2. The number of esters is 1. The molecule has 0 spiro atoms. The fourth-order valence-corrected chi connectivity index (χ4v) is 3.08. The first kappa shape index (κ1) is 24.8. The number of halogens is 1. The Balaban J connectivity index is 1.62. The van der Waals surface area contributed by atoms with E-state index in [-0.39, 0.29) is 18.8 Å². The van der Waals surface area contributed by atoms with Crippen molar-refractivity contribution in [3.8, 4) is 11.5 Å². The van der Waals surface area contributed by atoms with Crippen molar-refractivity contribution in [3.63, 3.8) is 0 Å². The van der Waals surface area contributed by atoms with Gasteiger partial charge in [0.2, 0.25) is 0 Å². The molecule has 0 aliphatic rings. The van der Waals surface area contributed by atoms with Gasteiger partial charge in [-0.3, -0.25) is 9.59 Å². The number of para-hydroxylation sites is 1. The summed E-state index contributed by atoms with van der Waals surface area (Å²) in [5.41, 5.74) is 0.621. The van der Waals surface area contributed by atoms with Crippen molar-refractivity contribution >= 4 is 29.2 Å². The van der Waals surface area contributed by atoms with Crippen LogP contribution >= 0.6 is 11.6 Å². The summed E-state index contributed by atoms with van der Waals surface area (Å²) < 4.78 is 17.1. The van der Waals surface area contributed by atoms with Crippen LogP contribution in [0.3, 0.4) is 0 Å². The molecule has 2 aromatic carbocycles. The minimum Gasteiger partial charge on any atom is -0.495 e. The van der Waals surface area contributed by atoms with E-state index in [9.17, 15) is 14.4 Å². The molecule has 1 atom stereocenters. The van der Waals surface area contributed by atoms with Crippen molar-refractivity contribution in [1.29, 1.82) is 0 Å². The van der Waals surface area contributed by atoms with Crippen LogP contribution in [-0.4, -0.2) is 41.5 Å². The minimum absolute atomic E-state index is 0.112. The molecule has 34 heavy (non-hydrogen) atoms. The Kier molecular flexibility index (Phi) is 8.26. The zero-order valence-corrected chi connectivity index (χ0v) is 19.7. The number of nitrogens with zero attached hydrogens (tertiary/aromatic N) is 2. The maximum atomic E-state index is 12.6. The third-order valence-electron chi connectivity index (χ3n) is 4.78. The van der Waals surface area contributed by atoms with Gasteiger partial charge in [-0.15, -0.1) is 0 Å². The lowest BCUT2D eigenvalue weighted by Gasteiger charge is -2.16. The summed E-state index contributed by atoms with van der Waals surface area (Å²) in [5.74, 6) is -0.398. The second kappa shape index (κ2) is 11.3. The molecule has 0 aliphatic heterocycles. The van der Waals surface area contributed by atoms with Crippen LogP contribution in [0.25, 0.3) is 0 Å². The minimum atomic E-state index is -1.14. The number of methoxy groups -OCH3 is 1. The van der Waals surface area contributed by atoms with Crippen LogP contribution in [0.1, 0.15) is 23.0 Å². The Morgan fingerprint density at radius 3 is 2.59 bits per heavy atom. The summed E-state index contributed by atoms with van der Waals surface area (Å²) in [6.07, 6.45) is -1.14. The molecule has 1 unspecified atom stereocenters. The summed E-state index contributed by atoms with van der Waals surface area (Å²) in [7, 11) is 1.45. The van der Waals surface area contributed by atoms with Crippen molar-refractivity contribution in [1.82, 2.24) is 9.78 Å². The molecule has 178 valence electrons. The maximum absolute atomic E-state index is 12.6. The number of aromatic nitrogens is 2. The summed E-state index contributed by atoms with van der Waals surface area (Å²) in [6.45, 7) is 3.51. The number of aryl methyl sites for hydroxylation is 1. The van der Waals surface area contributed by atoms with Crippen LogP contribution in [0.5, 0.6) is 11.5 Å². The standard InChI is InChI=1S/C24H24ClN3O6/c1-15-13-20(21(32-3)14-18(15)25)26-23(30)16(2)34-24(31)19-9-10-22(29)28(27-19)11-12-33-17-7-5-4-6-8-17/h4-10,13-14,16H,11-12H2,1-3H3,(H,26,30). The van der Waals surface area contributed by atoms with E-state index in [2.05, 4.69) is 10.4 Å². The molecular formula is C24H24ClN3O6. The van der Waals surface area contributed by atoms with Gasteiger partial charge in [-0.05, 0) is 43.7 Å². The zero-order chi connectivity index (χ0) is 24.7. The number of nitrogens with one attached hydrogen (secondary N) is 1. The van der Waals surface area contributed by atoms with E-state index in [0.717, 1.165) is 10.2 Å². The zero-order valence-electron chi connectivity index (χ0n) is 18.9. The molecule has 1 aromatic heterocycles. The lowest BCUT2D eigenvalue weighted by atomic mass is 10.2. The average molecular weight is 486 g/mol. The predicted molar refractivity (Wildman–Crippen MR) is 127 cm³/mol. The second-order valence-electron chi connectivity index (χ2n) is 7.28. The molecular weight excluding hydrogens is 462 g/mol. The van der Waals surface area contributed by atoms with Crippen LogP contribution in [0, 0.1) is 6.92 Å². The van der Waals surface area contributed by atoms with Crippen LogP contribution < -0.4 is 20.3 Å². The number of ether oxygens (including phenoxy) is 3. The fourth-order valence-electron chi connectivity index (χ4n) is 2.92. The van der Waals surface area contributed by atoms with E-state index in [1.165, 1.54) is 26.2 Å². The van der Waals surface area contributed by atoms with Crippen LogP contribution in [0.2, 0.25) is 5.02 Å². The largest absolute Gasteiger partial charge is 0.495 e. The molecule has 9 nitrogen and oxygen atoms in total. The fraction of sp³-hybridized carbons (Fsp3) is 0.250. The van der Waals surface area contributed by atoms with Crippen molar-refractivity contribution in [2.75, 3.05) is 19.0 Å². The van der Waals surface area contributed by atoms with E-state index >= 15 is 0 Å². The predicted octanol–water partition coefficient (Wildman–Crippen LogP) is 3.48. The van der Waals surface area contributed by atoms with E-state index < -0.39 is 23.5 Å². The third-order valence-corrected chi connectivity index (χ3v) is 5.19. The van der Waals surface area contributed by atoms with Gasteiger partial charge in [0.15, 0.2) is 11.8 Å². The molecule has 0 radical (unpaired) electrons. The molecule has 1 heterocycles. The van der Waals surface area contributed by atoms with Crippen LogP contribution in [-0.2, 0) is 16.1 Å². The van der Waals surface area contributed by atoms with Gasteiger partial charge in [0.1, 0.15) is 18.1 Å². The van der Waals surface area contributed by atoms with Gasteiger partial charge in [0.05, 0.1) is 19.3 Å². The molecule has 3 aromatic rings. The lowest BCUT2D eigenvalue weighted by Crippen LogP contribution is -2.32. The summed E-state index contributed by atoms with van der Waals surface area (Å²) in [6, 6.07) is 14.8. The van der Waals surface area contributed by atoms with Gasteiger partial charge in [-0.2, -0.15) is 5.10 Å². The highest BCUT2D eigenvalue weighted by Crippen LogP contribution is 2.31. The van der Waals surface area contributed by atoms with Crippen LogP contribution in [0.4, 0.5) is 5.69 Å². The molecule has 1 N–H and O–H groups in total. The number of carbonyl (C=O) groups excluding carboxylic acids is 2. The average Bonchev–Trinajstić information content (AvgIpc) is 2.83. The molecule has 1 amide bonds. The number of anilines is 1. The van der Waals surface area contributed by atoms with E-state index in [1.54, 1.807) is 31.2 Å². The van der Waals surface area contributed by atoms with Gasteiger partial charge in [0, 0.05) is 17.2 Å². The Hall–Kier alpha value is -3.85. The Labute approximate surface area is 201 Å². The molecule has 0 saturated heterocycles. The van der Waals surface area contributed by atoms with E-state index in [0.29, 0.717) is 22.2 Å².